The second-order valence-electron chi connectivity index (χ2n) is 4.65. The van der Waals surface area contributed by atoms with Crippen LogP contribution in [0.4, 0.5) is 0 Å². The topological polar surface area (TPSA) is 35.5 Å². The number of rotatable bonds is 4. The Balaban J connectivity index is 2.35. The maximum absolute atomic E-state index is 10.2. The van der Waals surface area contributed by atoms with Gasteiger partial charge in [0.15, 0.2) is 0 Å². The van der Waals surface area contributed by atoms with Gasteiger partial charge in [-0.1, -0.05) is 29.3 Å². The van der Waals surface area contributed by atoms with E-state index in [-0.39, 0.29) is 11.8 Å². The summed E-state index contributed by atoms with van der Waals surface area (Å²) in [5.74, 6) is 0.155. The number of nitrogens with zero attached hydrogens (tertiary/aromatic N) is 1. The molecule has 0 radical (unpaired) electrons. The van der Waals surface area contributed by atoms with Gasteiger partial charge in [-0.15, -0.1) is 6.58 Å². The van der Waals surface area contributed by atoms with Crippen molar-refractivity contribution in [2.45, 2.75) is 12.5 Å². The molecule has 1 saturated heterocycles. The maximum Gasteiger partial charge on any atom is 0.123 e. The van der Waals surface area contributed by atoms with Crippen LogP contribution >= 0.6 is 23.2 Å². The molecule has 0 aromatic heterocycles. The van der Waals surface area contributed by atoms with E-state index in [2.05, 4.69) is 16.8 Å². The van der Waals surface area contributed by atoms with Crippen molar-refractivity contribution in [1.82, 2.24) is 10.2 Å². The van der Waals surface area contributed by atoms with E-state index in [4.69, 9.17) is 23.2 Å². The van der Waals surface area contributed by atoms with Crippen molar-refractivity contribution in [3.63, 3.8) is 0 Å². The second-order valence-corrected chi connectivity index (χ2v) is 5.49. The third-order valence-electron chi connectivity index (χ3n) is 3.39. The lowest BCUT2D eigenvalue weighted by molar-refractivity contribution is 0.172. The van der Waals surface area contributed by atoms with Crippen molar-refractivity contribution in [1.29, 1.82) is 0 Å². The van der Waals surface area contributed by atoms with Crippen LogP contribution < -0.4 is 5.32 Å². The van der Waals surface area contributed by atoms with E-state index in [0.29, 0.717) is 10.0 Å². The predicted octanol–water partition coefficient (Wildman–Crippen LogP) is 3.22. The molecule has 2 rings (SSSR count). The SMILES string of the molecule is C=CC[C@H](c1c(O)cc(Cl)cc1Cl)N1CCNCC1. The summed E-state index contributed by atoms with van der Waals surface area (Å²) in [4.78, 5) is 2.31. The van der Waals surface area contributed by atoms with Gasteiger partial charge in [-0.25, -0.2) is 0 Å². The largest absolute Gasteiger partial charge is 0.508 e. The highest BCUT2D eigenvalue weighted by atomic mass is 35.5. The molecule has 5 heteroatoms. The number of phenolic OH excluding ortho intramolecular Hbond substituents is 1. The van der Waals surface area contributed by atoms with E-state index >= 15 is 0 Å². The Labute approximate surface area is 123 Å². The fourth-order valence-corrected chi connectivity index (χ4v) is 3.11. The highest BCUT2D eigenvalue weighted by Gasteiger charge is 2.25. The van der Waals surface area contributed by atoms with Crippen LogP contribution in [0.15, 0.2) is 24.8 Å². The number of piperazine rings is 1. The number of aromatic hydroxyl groups is 1. The average Bonchev–Trinajstić information content (AvgIpc) is 2.37. The van der Waals surface area contributed by atoms with Crippen molar-refractivity contribution in [3.05, 3.63) is 40.4 Å². The molecule has 1 aromatic rings. The first-order valence-corrected chi connectivity index (χ1v) is 7.12. The van der Waals surface area contributed by atoms with E-state index in [1.165, 1.54) is 0 Å². The van der Waals surface area contributed by atoms with Crippen LogP contribution in [0, 0.1) is 0 Å². The molecule has 1 atom stereocenters. The minimum absolute atomic E-state index is 0.0457. The van der Waals surface area contributed by atoms with Crippen molar-refractivity contribution in [3.8, 4) is 5.75 Å². The molecule has 0 spiro atoms. The summed E-state index contributed by atoms with van der Waals surface area (Å²) >= 11 is 12.2. The Morgan fingerprint density at radius 1 is 1.37 bits per heavy atom. The van der Waals surface area contributed by atoms with Crippen LogP contribution in [-0.4, -0.2) is 36.2 Å². The Morgan fingerprint density at radius 3 is 2.63 bits per heavy atom. The molecule has 1 aliphatic rings. The number of hydrogen-bond acceptors (Lipinski definition) is 3. The van der Waals surface area contributed by atoms with E-state index < -0.39 is 0 Å². The van der Waals surface area contributed by atoms with Crippen LogP contribution in [0.3, 0.4) is 0 Å². The lowest BCUT2D eigenvalue weighted by Crippen LogP contribution is -2.45. The van der Waals surface area contributed by atoms with Gasteiger partial charge in [0.2, 0.25) is 0 Å². The minimum Gasteiger partial charge on any atom is -0.508 e. The van der Waals surface area contributed by atoms with Crippen LogP contribution in [-0.2, 0) is 0 Å². The first-order valence-electron chi connectivity index (χ1n) is 6.37. The van der Waals surface area contributed by atoms with Gasteiger partial charge in [-0.05, 0) is 18.6 Å². The van der Waals surface area contributed by atoms with Crippen molar-refractivity contribution in [2.75, 3.05) is 26.2 Å². The Kier molecular flexibility index (Phi) is 5.11. The minimum atomic E-state index is 0.0457. The zero-order valence-electron chi connectivity index (χ0n) is 10.7. The first kappa shape index (κ1) is 14.7. The molecule has 0 aliphatic carbocycles. The standard InChI is InChI=1S/C14H18Cl2N2O/c1-2-3-12(18-6-4-17-5-7-18)14-11(16)8-10(15)9-13(14)19/h2,8-9,12,17,19H,1,3-7H2/t12-/m1/s1. The molecule has 1 aliphatic heterocycles. The van der Waals surface area contributed by atoms with Crippen molar-refractivity contribution in [2.24, 2.45) is 0 Å². The lowest BCUT2D eigenvalue weighted by atomic mass is 10.00. The monoisotopic (exact) mass is 300 g/mol. The summed E-state index contributed by atoms with van der Waals surface area (Å²) in [6, 6.07) is 3.27. The summed E-state index contributed by atoms with van der Waals surface area (Å²) in [6.07, 6.45) is 2.60. The zero-order chi connectivity index (χ0) is 13.8. The summed E-state index contributed by atoms with van der Waals surface area (Å²) in [7, 11) is 0. The number of halogens is 2. The highest BCUT2D eigenvalue weighted by Crippen LogP contribution is 2.39. The van der Waals surface area contributed by atoms with E-state index in [0.717, 1.165) is 38.2 Å². The van der Waals surface area contributed by atoms with Crippen LogP contribution in [0.2, 0.25) is 10.0 Å². The summed E-state index contributed by atoms with van der Waals surface area (Å²) in [5.41, 5.74) is 0.743. The third kappa shape index (κ3) is 3.42. The molecular formula is C14H18Cl2N2O. The molecular weight excluding hydrogens is 283 g/mol. The van der Waals surface area contributed by atoms with Gasteiger partial charge < -0.3 is 10.4 Å². The summed E-state index contributed by atoms with van der Waals surface area (Å²) in [5, 5.41) is 14.4. The van der Waals surface area contributed by atoms with Crippen LogP contribution in [0.5, 0.6) is 5.75 Å². The van der Waals surface area contributed by atoms with E-state index in [9.17, 15) is 5.11 Å². The molecule has 2 N–H and O–H groups in total. The molecule has 1 fully saturated rings. The van der Waals surface area contributed by atoms with Gasteiger partial charge in [0.05, 0.1) is 5.02 Å². The maximum atomic E-state index is 10.2. The first-order chi connectivity index (χ1) is 9.13. The third-order valence-corrected chi connectivity index (χ3v) is 3.92. The number of nitrogens with one attached hydrogen (secondary N) is 1. The molecule has 0 amide bonds. The molecule has 19 heavy (non-hydrogen) atoms. The average molecular weight is 301 g/mol. The fourth-order valence-electron chi connectivity index (χ4n) is 2.50. The highest BCUT2D eigenvalue weighted by molar-refractivity contribution is 6.35. The van der Waals surface area contributed by atoms with Crippen LogP contribution in [0.25, 0.3) is 0 Å². The van der Waals surface area contributed by atoms with Gasteiger partial charge in [-0.3, -0.25) is 4.90 Å². The molecule has 0 bridgehead atoms. The molecule has 3 nitrogen and oxygen atoms in total. The second kappa shape index (κ2) is 6.62. The van der Waals surface area contributed by atoms with Gasteiger partial charge in [0.25, 0.3) is 0 Å². The smallest absolute Gasteiger partial charge is 0.123 e. The lowest BCUT2D eigenvalue weighted by Gasteiger charge is -2.35. The molecule has 0 unspecified atom stereocenters. The normalized spacial score (nSPS) is 18.2. The Bertz CT molecular complexity index is 436. The Morgan fingerprint density at radius 2 is 2.05 bits per heavy atom. The van der Waals surface area contributed by atoms with E-state index in [1.807, 2.05) is 6.08 Å². The molecule has 1 aromatic carbocycles. The number of phenols is 1. The van der Waals surface area contributed by atoms with Crippen LogP contribution in [0.1, 0.15) is 18.0 Å². The quantitative estimate of drug-likeness (QED) is 0.838. The van der Waals surface area contributed by atoms with Gasteiger partial charge in [0, 0.05) is 42.8 Å². The predicted molar refractivity (Wildman–Crippen MR) is 80.1 cm³/mol. The fraction of sp³-hybridized carbons (Fsp3) is 0.429. The molecule has 0 saturated carbocycles. The number of benzene rings is 1. The van der Waals surface area contributed by atoms with Gasteiger partial charge in [-0.2, -0.15) is 0 Å². The van der Waals surface area contributed by atoms with Crippen molar-refractivity contribution >= 4 is 23.2 Å². The molecule has 1 heterocycles. The van der Waals surface area contributed by atoms with Crippen molar-refractivity contribution < 1.29 is 5.11 Å². The Hall–Kier alpha value is -0.740. The number of hydrogen-bond donors (Lipinski definition) is 2. The summed E-state index contributed by atoms with van der Waals surface area (Å²) < 4.78 is 0. The zero-order valence-corrected chi connectivity index (χ0v) is 12.2. The van der Waals surface area contributed by atoms with Gasteiger partial charge >= 0.3 is 0 Å². The van der Waals surface area contributed by atoms with E-state index in [1.54, 1.807) is 12.1 Å². The summed E-state index contributed by atoms with van der Waals surface area (Å²) in [6.45, 7) is 7.55. The molecule has 104 valence electrons. The van der Waals surface area contributed by atoms with Gasteiger partial charge in [0.1, 0.15) is 5.75 Å².